The lowest BCUT2D eigenvalue weighted by Crippen LogP contribution is -2.27. The second kappa shape index (κ2) is 10.4. The molecular formula is C18H28FNO. The molecule has 0 radical (unpaired) electrons. The van der Waals surface area contributed by atoms with Gasteiger partial charge in [0.15, 0.2) is 0 Å². The van der Waals surface area contributed by atoms with Gasteiger partial charge in [-0.05, 0) is 24.6 Å². The third-order valence-electron chi connectivity index (χ3n) is 3.77. The lowest BCUT2D eigenvalue weighted by Gasteiger charge is -2.17. The van der Waals surface area contributed by atoms with Crippen LogP contribution in [-0.4, -0.2) is 24.4 Å². The first-order valence-corrected chi connectivity index (χ1v) is 8.16. The van der Waals surface area contributed by atoms with Crippen molar-refractivity contribution in [3.05, 3.63) is 35.6 Å². The van der Waals surface area contributed by atoms with Crippen LogP contribution in [0, 0.1) is 5.82 Å². The van der Waals surface area contributed by atoms with Crippen molar-refractivity contribution in [2.45, 2.75) is 58.3 Å². The number of carbonyl (C=O) groups is 1. The highest BCUT2D eigenvalue weighted by molar-refractivity contribution is 5.94. The van der Waals surface area contributed by atoms with E-state index in [0.29, 0.717) is 5.56 Å². The topological polar surface area (TPSA) is 20.3 Å². The maximum atomic E-state index is 13.1. The third kappa shape index (κ3) is 7.26. The molecule has 1 aromatic rings. The van der Waals surface area contributed by atoms with Crippen molar-refractivity contribution in [3.8, 4) is 0 Å². The minimum absolute atomic E-state index is 0.0996. The van der Waals surface area contributed by atoms with Gasteiger partial charge in [0.25, 0.3) is 5.91 Å². The predicted octanol–water partition coefficient (Wildman–Crippen LogP) is 5.04. The van der Waals surface area contributed by atoms with Crippen molar-refractivity contribution >= 4 is 5.91 Å². The highest BCUT2D eigenvalue weighted by Gasteiger charge is 2.11. The molecule has 0 fully saturated rings. The van der Waals surface area contributed by atoms with Crippen LogP contribution in [0.25, 0.3) is 0 Å². The molecule has 0 heterocycles. The van der Waals surface area contributed by atoms with Crippen molar-refractivity contribution in [2.24, 2.45) is 0 Å². The van der Waals surface area contributed by atoms with Gasteiger partial charge in [-0.2, -0.15) is 0 Å². The summed E-state index contributed by atoms with van der Waals surface area (Å²) in [4.78, 5) is 13.8. The molecular weight excluding hydrogens is 265 g/mol. The normalized spacial score (nSPS) is 10.6. The molecule has 0 saturated carbocycles. The molecule has 3 heteroatoms. The van der Waals surface area contributed by atoms with Crippen molar-refractivity contribution in [2.75, 3.05) is 13.6 Å². The largest absolute Gasteiger partial charge is 0.342 e. The Balaban J connectivity index is 2.16. The van der Waals surface area contributed by atoms with Gasteiger partial charge in [0.1, 0.15) is 5.82 Å². The van der Waals surface area contributed by atoms with Crippen LogP contribution in [-0.2, 0) is 0 Å². The number of unbranched alkanes of at least 4 members (excludes halogenated alkanes) is 7. The maximum Gasteiger partial charge on any atom is 0.253 e. The molecule has 0 spiro atoms. The smallest absolute Gasteiger partial charge is 0.253 e. The molecule has 21 heavy (non-hydrogen) atoms. The van der Waals surface area contributed by atoms with E-state index in [1.165, 1.54) is 50.7 Å². The van der Waals surface area contributed by atoms with Gasteiger partial charge in [-0.1, -0.05) is 57.9 Å². The summed E-state index contributed by atoms with van der Waals surface area (Å²) < 4.78 is 13.1. The van der Waals surface area contributed by atoms with Crippen molar-refractivity contribution in [1.82, 2.24) is 4.90 Å². The summed E-state index contributed by atoms with van der Waals surface area (Å²) in [5.41, 5.74) is 0.428. The van der Waals surface area contributed by atoms with Gasteiger partial charge in [0, 0.05) is 19.2 Å². The lowest BCUT2D eigenvalue weighted by atomic mass is 10.1. The Labute approximate surface area is 128 Å². The Morgan fingerprint density at radius 2 is 1.67 bits per heavy atom. The Morgan fingerprint density at radius 1 is 1.05 bits per heavy atom. The lowest BCUT2D eigenvalue weighted by molar-refractivity contribution is 0.0792. The Hall–Kier alpha value is -1.38. The number of halogens is 1. The molecule has 0 aliphatic carbocycles. The van der Waals surface area contributed by atoms with E-state index in [1.54, 1.807) is 24.1 Å². The number of rotatable bonds is 10. The van der Waals surface area contributed by atoms with Gasteiger partial charge in [-0.3, -0.25) is 4.79 Å². The van der Waals surface area contributed by atoms with E-state index in [2.05, 4.69) is 6.92 Å². The minimum Gasteiger partial charge on any atom is -0.342 e. The third-order valence-corrected chi connectivity index (χ3v) is 3.77. The fraction of sp³-hybridized carbons (Fsp3) is 0.611. The summed E-state index contributed by atoms with van der Waals surface area (Å²) in [6, 6.07) is 5.89. The van der Waals surface area contributed by atoms with Gasteiger partial charge in [0.2, 0.25) is 0 Å². The number of hydrogen-bond acceptors (Lipinski definition) is 1. The molecule has 0 atom stereocenters. The van der Waals surface area contributed by atoms with E-state index in [0.717, 1.165) is 19.4 Å². The number of carbonyl (C=O) groups excluding carboxylic acids is 1. The average molecular weight is 293 g/mol. The molecule has 1 rings (SSSR count). The molecule has 0 aliphatic heterocycles. The van der Waals surface area contributed by atoms with E-state index >= 15 is 0 Å². The zero-order chi connectivity index (χ0) is 15.5. The fourth-order valence-electron chi connectivity index (χ4n) is 2.43. The zero-order valence-corrected chi connectivity index (χ0v) is 13.4. The average Bonchev–Trinajstić information content (AvgIpc) is 2.49. The van der Waals surface area contributed by atoms with Crippen LogP contribution in [0.2, 0.25) is 0 Å². The Kier molecular flexibility index (Phi) is 8.72. The molecule has 1 amide bonds. The number of hydrogen-bond donors (Lipinski definition) is 0. The van der Waals surface area contributed by atoms with E-state index in [1.807, 2.05) is 0 Å². The number of amides is 1. The number of nitrogens with zero attached hydrogens (tertiary/aromatic N) is 1. The monoisotopic (exact) mass is 293 g/mol. The molecule has 0 aliphatic rings. The molecule has 2 nitrogen and oxygen atoms in total. The van der Waals surface area contributed by atoms with Gasteiger partial charge >= 0.3 is 0 Å². The SMILES string of the molecule is CCCCCCCCCCN(C)C(=O)c1cccc(F)c1. The van der Waals surface area contributed by atoms with Crippen LogP contribution in [0.15, 0.2) is 24.3 Å². The summed E-state index contributed by atoms with van der Waals surface area (Å²) in [5.74, 6) is -0.459. The highest BCUT2D eigenvalue weighted by atomic mass is 19.1. The number of benzene rings is 1. The summed E-state index contributed by atoms with van der Waals surface area (Å²) >= 11 is 0. The van der Waals surface area contributed by atoms with E-state index in [-0.39, 0.29) is 11.7 Å². The summed E-state index contributed by atoms with van der Waals surface area (Å²) in [6.07, 6.45) is 10.0. The fourth-order valence-corrected chi connectivity index (χ4v) is 2.43. The molecule has 1 aromatic carbocycles. The second-order valence-corrected chi connectivity index (χ2v) is 5.71. The maximum absolute atomic E-state index is 13.1. The Morgan fingerprint density at radius 3 is 2.29 bits per heavy atom. The molecule has 0 N–H and O–H groups in total. The van der Waals surface area contributed by atoms with Crippen LogP contribution < -0.4 is 0 Å². The van der Waals surface area contributed by atoms with E-state index in [9.17, 15) is 9.18 Å². The molecule has 118 valence electrons. The van der Waals surface area contributed by atoms with Crippen LogP contribution >= 0.6 is 0 Å². The van der Waals surface area contributed by atoms with Crippen LogP contribution in [0.5, 0.6) is 0 Å². The molecule has 0 saturated heterocycles. The quantitative estimate of drug-likeness (QED) is 0.553. The van der Waals surface area contributed by atoms with Crippen LogP contribution in [0.1, 0.15) is 68.6 Å². The van der Waals surface area contributed by atoms with Gasteiger partial charge < -0.3 is 4.90 Å². The Bertz CT molecular complexity index is 419. The summed E-state index contributed by atoms with van der Waals surface area (Å²) in [7, 11) is 1.79. The predicted molar refractivity (Wildman–Crippen MR) is 86.0 cm³/mol. The summed E-state index contributed by atoms with van der Waals surface area (Å²) in [6.45, 7) is 2.97. The summed E-state index contributed by atoms with van der Waals surface area (Å²) in [5, 5.41) is 0. The standard InChI is InChI=1S/C18H28FNO/c1-3-4-5-6-7-8-9-10-14-20(2)18(21)16-12-11-13-17(19)15-16/h11-13,15H,3-10,14H2,1-2H3. The first-order valence-electron chi connectivity index (χ1n) is 8.16. The molecule has 0 bridgehead atoms. The zero-order valence-electron chi connectivity index (χ0n) is 13.4. The van der Waals surface area contributed by atoms with Crippen molar-refractivity contribution in [3.63, 3.8) is 0 Å². The van der Waals surface area contributed by atoms with E-state index < -0.39 is 0 Å². The van der Waals surface area contributed by atoms with Gasteiger partial charge in [-0.15, -0.1) is 0 Å². The van der Waals surface area contributed by atoms with E-state index in [4.69, 9.17) is 0 Å². The highest BCUT2D eigenvalue weighted by Crippen LogP contribution is 2.10. The van der Waals surface area contributed by atoms with Crippen molar-refractivity contribution in [1.29, 1.82) is 0 Å². The van der Waals surface area contributed by atoms with Crippen molar-refractivity contribution < 1.29 is 9.18 Å². The molecule has 0 unspecified atom stereocenters. The van der Waals surface area contributed by atoms with Gasteiger partial charge in [0.05, 0.1) is 0 Å². The van der Waals surface area contributed by atoms with Gasteiger partial charge in [-0.25, -0.2) is 4.39 Å². The first kappa shape index (κ1) is 17.7. The first-order chi connectivity index (χ1) is 10.1. The van der Waals surface area contributed by atoms with Crippen LogP contribution in [0.4, 0.5) is 4.39 Å². The van der Waals surface area contributed by atoms with Crippen LogP contribution in [0.3, 0.4) is 0 Å². The molecule has 0 aromatic heterocycles. The minimum atomic E-state index is -0.360. The second-order valence-electron chi connectivity index (χ2n) is 5.71.